The number of hydrogen-bond acceptors (Lipinski definition) is 3. The maximum atomic E-state index is 13.6. The van der Waals surface area contributed by atoms with Crippen LogP contribution in [0.4, 0.5) is 39.1 Å². The third-order valence-corrected chi connectivity index (χ3v) is 3.69. The first-order valence-corrected chi connectivity index (χ1v) is 7.89. The number of nitrogens with one attached hydrogen (secondary N) is 2. The van der Waals surface area contributed by atoms with Crippen LogP contribution in [-0.4, -0.2) is 10.9 Å². The molecular weight excluding hydrogens is 381 g/mol. The van der Waals surface area contributed by atoms with E-state index >= 15 is 0 Å². The number of halogens is 5. The Hall–Kier alpha value is -3.49. The van der Waals surface area contributed by atoms with E-state index in [0.717, 1.165) is 36.4 Å². The van der Waals surface area contributed by atoms with Crippen LogP contribution >= 0.6 is 0 Å². The SMILES string of the molecule is O=C(Nc1ccc(Nc2ccc(F)cc2F)cn1)c1ccc(C(F)(F)F)cc1. The molecule has 28 heavy (non-hydrogen) atoms. The largest absolute Gasteiger partial charge is 0.416 e. The molecule has 0 aliphatic rings. The molecule has 1 heterocycles. The lowest BCUT2D eigenvalue weighted by Gasteiger charge is -2.10. The van der Waals surface area contributed by atoms with Crippen molar-refractivity contribution in [2.45, 2.75) is 6.18 Å². The van der Waals surface area contributed by atoms with Crippen LogP contribution in [0.2, 0.25) is 0 Å². The first-order valence-electron chi connectivity index (χ1n) is 7.89. The van der Waals surface area contributed by atoms with Gasteiger partial charge in [-0.05, 0) is 48.5 Å². The van der Waals surface area contributed by atoms with Gasteiger partial charge in [0.15, 0.2) is 0 Å². The van der Waals surface area contributed by atoms with Crippen LogP contribution in [-0.2, 0) is 6.18 Å². The van der Waals surface area contributed by atoms with Crippen LogP contribution < -0.4 is 10.6 Å². The summed E-state index contributed by atoms with van der Waals surface area (Å²) in [6.45, 7) is 0. The number of carbonyl (C=O) groups is 1. The smallest absolute Gasteiger partial charge is 0.352 e. The minimum atomic E-state index is -4.48. The highest BCUT2D eigenvalue weighted by atomic mass is 19.4. The molecule has 0 bridgehead atoms. The molecule has 9 heteroatoms. The third-order valence-electron chi connectivity index (χ3n) is 3.69. The van der Waals surface area contributed by atoms with Gasteiger partial charge in [0.25, 0.3) is 5.91 Å². The van der Waals surface area contributed by atoms with E-state index in [9.17, 15) is 26.7 Å². The highest BCUT2D eigenvalue weighted by molar-refractivity contribution is 6.03. The highest BCUT2D eigenvalue weighted by Gasteiger charge is 2.30. The average molecular weight is 393 g/mol. The fourth-order valence-electron chi connectivity index (χ4n) is 2.29. The Morgan fingerprint density at radius 1 is 0.929 bits per heavy atom. The van der Waals surface area contributed by atoms with Gasteiger partial charge in [0.2, 0.25) is 0 Å². The van der Waals surface area contributed by atoms with Crippen molar-refractivity contribution in [1.82, 2.24) is 4.98 Å². The Labute approximate surface area is 156 Å². The Kier molecular flexibility index (Phi) is 5.25. The Morgan fingerprint density at radius 2 is 1.64 bits per heavy atom. The molecule has 0 aliphatic heterocycles. The normalized spacial score (nSPS) is 11.2. The fraction of sp³-hybridized carbons (Fsp3) is 0.0526. The number of nitrogens with zero attached hydrogens (tertiary/aromatic N) is 1. The lowest BCUT2D eigenvalue weighted by atomic mass is 10.1. The molecular formula is C19H12F5N3O. The van der Waals surface area contributed by atoms with Crippen molar-refractivity contribution in [2.75, 3.05) is 10.6 Å². The lowest BCUT2D eigenvalue weighted by Crippen LogP contribution is -2.13. The van der Waals surface area contributed by atoms with Gasteiger partial charge >= 0.3 is 6.18 Å². The molecule has 0 saturated carbocycles. The summed E-state index contributed by atoms with van der Waals surface area (Å²) in [5.41, 5.74) is -0.390. The quantitative estimate of drug-likeness (QED) is 0.586. The molecule has 2 aromatic carbocycles. The molecule has 0 aliphatic carbocycles. The summed E-state index contributed by atoms with van der Waals surface area (Å²) in [6, 6.07) is 9.72. The van der Waals surface area contributed by atoms with E-state index in [2.05, 4.69) is 15.6 Å². The van der Waals surface area contributed by atoms with Gasteiger partial charge in [-0.1, -0.05) is 0 Å². The second-order valence-corrected chi connectivity index (χ2v) is 5.71. The van der Waals surface area contributed by atoms with E-state index in [1.54, 1.807) is 0 Å². The number of anilines is 3. The van der Waals surface area contributed by atoms with Crippen LogP contribution in [0.1, 0.15) is 15.9 Å². The van der Waals surface area contributed by atoms with E-state index in [0.29, 0.717) is 5.69 Å². The molecule has 3 rings (SSSR count). The van der Waals surface area contributed by atoms with E-state index < -0.39 is 29.3 Å². The molecule has 3 aromatic rings. The maximum absolute atomic E-state index is 13.6. The van der Waals surface area contributed by atoms with Gasteiger partial charge < -0.3 is 10.6 Å². The minimum Gasteiger partial charge on any atom is -0.352 e. The van der Waals surface area contributed by atoms with Gasteiger partial charge in [-0.3, -0.25) is 4.79 Å². The van der Waals surface area contributed by atoms with Crippen molar-refractivity contribution in [2.24, 2.45) is 0 Å². The van der Waals surface area contributed by atoms with E-state index in [1.807, 2.05) is 0 Å². The summed E-state index contributed by atoms with van der Waals surface area (Å²) in [7, 11) is 0. The number of benzene rings is 2. The van der Waals surface area contributed by atoms with Crippen molar-refractivity contribution < 1.29 is 26.7 Å². The molecule has 0 radical (unpaired) electrons. The van der Waals surface area contributed by atoms with E-state index in [4.69, 9.17) is 0 Å². The first-order chi connectivity index (χ1) is 13.2. The maximum Gasteiger partial charge on any atom is 0.416 e. The molecule has 0 fully saturated rings. The molecule has 144 valence electrons. The van der Waals surface area contributed by atoms with Gasteiger partial charge in [0, 0.05) is 11.6 Å². The number of rotatable bonds is 4. The van der Waals surface area contributed by atoms with Crippen molar-refractivity contribution in [3.8, 4) is 0 Å². The summed E-state index contributed by atoms with van der Waals surface area (Å²) in [5.74, 6) is -1.97. The summed E-state index contributed by atoms with van der Waals surface area (Å²) in [4.78, 5) is 16.1. The molecule has 1 amide bonds. The molecule has 0 spiro atoms. The van der Waals surface area contributed by atoms with Gasteiger partial charge in [0.1, 0.15) is 17.5 Å². The van der Waals surface area contributed by atoms with E-state index in [-0.39, 0.29) is 17.1 Å². The number of pyridine rings is 1. The predicted molar refractivity (Wildman–Crippen MR) is 93.3 cm³/mol. The zero-order chi connectivity index (χ0) is 20.3. The molecule has 1 aromatic heterocycles. The third kappa shape index (κ3) is 4.61. The van der Waals surface area contributed by atoms with E-state index in [1.165, 1.54) is 24.4 Å². The molecule has 4 nitrogen and oxygen atoms in total. The number of hydrogen-bond donors (Lipinski definition) is 2. The molecule has 0 atom stereocenters. The molecule has 0 unspecified atom stereocenters. The lowest BCUT2D eigenvalue weighted by molar-refractivity contribution is -0.137. The van der Waals surface area contributed by atoms with Gasteiger partial charge in [-0.2, -0.15) is 13.2 Å². The topological polar surface area (TPSA) is 54.0 Å². The highest BCUT2D eigenvalue weighted by Crippen LogP contribution is 2.29. The predicted octanol–water partition coefficient (Wildman–Crippen LogP) is 5.37. The Bertz CT molecular complexity index is 986. The summed E-state index contributed by atoms with van der Waals surface area (Å²) in [6.07, 6.45) is -3.17. The summed E-state index contributed by atoms with van der Waals surface area (Å²) in [5, 5.41) is 5.15. The number of amides is 1. The average Bonchev–Trinajstić information content (AvgIpc) is 2.65. The van der Waals surface area contributed by atoms with Crippen LogP contribution in [0.15, 0.2) is 60.8 Å². The molecule has 0 saturated heterocycles. The number of carbonyl (C=O) groups excluding carboxylic acids is 1. The monoisotopic (exact) mass is 393 g/mol. The van der Waals surface area contributed by atoms with Crippen LogP contribution in [0, 0.1) is 11.6 Å². The Balaban J connectivity index is 1.66. The second-order valence-electron chi connectivity index (χ2n) is 5.71. The molecule has 2 N–H and O–H groups in total. The van der Waals surface area contributed by atoms with Gasteiger partial charge in [-0.15, -0.1) is 0 Å². The first kappa shape index (κ1) is 19.3. The second kappa shape index (κ2) is 7.63. The standard InChI is InChI=1S/C19H12F5N3O/c20-13-5-7-16(15(21)9-13)26-14-6-8-17(25-10-14)27-18(28)11-1-3-12(4-2-11)19(22,23)24/h1-10,26H,(H,25,27,28). The van der Waals surface area contributed by atoms with Crippen molar-refractivity contribution >= 4 is 23.1 Å². The minimum absolute atomic E-state index is 0.0328. The van der Waals surface area contributed by atoms with Crippen molar-refractivity contribution in [3.05, 3.63) is 83.6 Å². The Morgan fingerprint density at radius 3 is 2.21 bits per heavy atom. The van der Waals surface area contributed by atoms with Crippen molar-refractivity contribution in [1.29, 1.82) is 0 Å². The van der Waals surface area contributed by atoms with Gasteiger partial charge in [-0.25, -0.2) is 13.8 Å². The summed E-state index contributed by atoms with van der Waals surface area (Å²) < 4.78 is 64.2. The summed E-state index contributed by atoms with van der Waals surface area (Å²) >= 11 is 0. The van der Waals surface area contributed by atoms with Crippen LogP contribution in [0.3, 0.4) is 0 Å². The van der Waals surface area contributed by atoms with Crippen molar-refractivity contribution in [3.63, 3.8) is 0 Å². The number of aromatic nitrogens is 1. The fourth-order valence-corrected chi connectivity index (χ4v) is 2.29. The zero-order valence-electron chi connectivity index (χ0n) is 14.0. The van der Waals surface area contributed by atoms with Crippen LogP contribution in [0.25, 0.3) is 0 Å². The van der Waals surface area contributed by atoms with Crippen LogP contribution in [0.5, 0.6) is 0 Å². The van der Waals surface area contributed by atoms with Gasteiger partial charge in [0.05, 0.1) is 23.1 Å². The zero-order valence-corrected chi connectivity index (χ0v) is 14.0. The number of alkyl halides is 3.